The van der Waals surface area contributed by atoms with Gasteiger partial charge in [0.25, 0.3) is 0 Å². The van der Waals surface area contributed by atoms with Gasteiger partial charge in [-0.25, -0.2) is 0 Å². The van der Waals surface area contributed by atoms with Gasteiger partial charge >= 0.3 is 0 Å². The quantitative estimate of drug-likeness (QED) is 0.474. The van der Waals surface area contributed by atoms with Crippen LogP contribution in [0.3, 0.4) is 0 Å². The van der Waals surface area contributed by atoms with E-state index in [-0.39, 0.29) is 0 Å². The Labute approximate surface area is 67.6 Å². The second-order valence-corrected chi connectivity index (χ2v) is 5.56. The fraction of sp³-hybridized carbons (Fsp3) is 1.00. The zero-order valence-corrected chi connectivity index (χ0v) is 8.78. The lowest BCUT2D eigenvalue weighted by atomic mass is 10.2. The predicted octanol–water partition coefficient (Wildman–Crippen LogP) is 3.65. The van der Waals surface area contributed by atoms with Gasteiger partial charge in [0.2, 0.25) is 0 Å². The molecule has 0 aliphatic carbocycles. The van der Waals surface area contributed by atoms with E-state index in [4.69, 9.17) is 0 Å². The summed E-state index contributed by atoms with van der Waals surface area (Å²) in [6, 6.07) is 0. The highest BCUT2D eigenvalue weighted by molar-refractivity contribution is 7.40. The molecule has 0 spiro atoms. The Morgan fingerprint density at radius 1 is 1.10 bits per heavy atom. The van der Waals surface area contributed by atoms with Crippen LogP contribution in [0, 0.1) is 0 Å². The van der Waals surface area contributed by atoms with E-state index in [1.807, 2.05) is 0 Å². The second-order valence-electron chi connectivity index (χ2n) is 3.25. The number of hydrogen-bond donors (Lipinski definition) is 0. The summed E-state index contributed by atoms with van der Waals surface area (Å²) in [4.78, 5) is 0. The minimum Gasteiger partial charge on any atom is -0.116 e. The molecule has 2 unspecified atom stereocenters. The summed E-state index contributed by atoms with van der Waals surface area (Å²) in [7, 11) is 1.26. The third-order valence-electron chi connectivity index (χ3n) is 1.60. The molecule has 0 bridgehead atoms. The highest BCUT2D eigenvalue weighted by Gasteiger charge is 2.15. The number of rotatable bonds is 0. The van der Waals surface area contributed by atoms with Gasteiger partial charge in [-0.1, -0.05) is 34.1 Å². The first kappa shape index (κ1) is 10.4. The molecule has 1 aliphatic rings. The summed E-state index contributed by atoms with van der Waals surface area (Å²) >= 11 is 0. The third kappa shape index (κ3) is 5.23. The Kier molecular flexibility index (Phi) is 6.43. The molecule has 0 aromatic carbocycles. The molecular weight excluding hydrogens is 139 g/mol. The van der Waals surface area contributed by atoms with E-state index >= 15 is 0 Å². The minimum atomic E-state index is 1.05. The Hall–Kier alpha value is 0.430. The molecule has 1 fully saturated rings. The first-order chi connectivity index (χ1) is 4.70. The Bertz CT molecular complexity index is 63.1. The number of hydrogen-bond acceptors (Lipinski definition) is 0. The zero-order valence-electron chi connectivity index (χ0n) is 7.78. The Balaban J connectivity index is 0.000000236. The highest BCUT2D eigenvalue weighted by atomic mass is 31.1. The van der Waals surface area contributed by atoms with Crippen LogP contribution in [0.15, 0.2) is 0 Å². The van der Waals surface area contributed by atoms with Gasteiger partial charge in [0.15, 0.2) is 0 Å². The van der Waals surface area contributed by atoms with Gasteiger partial charge < -0.3 is 0 Å². The van der Waals surface area contributed by atoms with Gasteiger partial charge in [-0.15, -0.1) is 8.58 Å². The maximum absolute atomic E-state index is 2.36. The zero-order chi connectivity index (χ0) is 7.98. The van der Waals surface area contributed by atoms with E-state index in [0.29, 0.717) is 0 Å². The van der Waals surface area contributed by atoms with Crippen molar-refractivity contribution in [3.63, 3.8) is 0 Å². The molecule has 0 aromatic rings. The molecule has 10 heavy (non-hydrogen) atoms. The van der Waals surface area contributed by atoms with Crippen LogP contribution in [0.1, 0.15) is 47.0 Å². The summed E-state index contributed by atoms with van der Waals surface area (Å²) in [5.41, 5.74) is 2.10. The largest absolute Gasteiger partial charge is 0.116 e. The van der Waals surface area contributed by atoms with Crippen molar-refractivity contribution >= 4 is 8.58 Å². The molecule has 1 aliphatic heterocycles. The van der Waals surface area contributed by atoms with Crippen LogP contribution in [0.4, 0.5) is 0 Å². The molecule has 0 saturated carbocycles. The second kappa shape index (κ2) is 6.16. The van der Waals surface area contributed by atoms with Gasteiger partial charge in [0, 0.05) is 0 Å². The highest BCUT2D eigenvalue weighted by Crippen LogP contribution is 2.38. The van der Waals surface area contributed by atoms with Gasteiger partial charge in [-0.05, 0) is 24.2 Å². The monoisotopic (exact) mass is 160 g/mol. The van der Waals surface area contributed by atoms with Crippen LogP contribution in [0.5, 0.6) is 0 Å². The standard InChI is InChI=1S/C6H13P.C3H8/c1-5-3-4-6(2)7-5;1-3-2/h5-7H,3-4H2,1-2H3;3H2,1-2H3. The van der Waals surface area contributed by atoms with Crippen molar-refractivity contribution in [2.24, 2.45) is 0 Å². The molecule has 1 heterocycles. The van der Waals surface area contributed by atoms with Crippen molar-refractivity contribution < 1.29 is 0 Å². The average Bonchev–Trinajstić information content (AvgIpc) is 2.17. The molecule has 1 rings (SSSR count). The van der Waals surface area contributed by atoms with Gasteiger partial charge in [-0.3, -0.25) is 0 Å². The van der Waals surface area contributed by atoms with Crippen molar-refractivity contribution in [3.05, 3.63) is 0 Å². The van der Waals surface area contributed by atoms with E-state index in [9.17, 15) is 0 Å². The smallest absolute Gasteiger partial charge is 0.0262 e. The van der Waals surface area contributed by atoms with Crippen molar-refractivity contribution in [2.45, 2.75) is 58.3 Å². The fourth-order valence-electron chi connectivity index (χ4n) is 1.15. The molecule has 0 aromatic heterocycles. The lowest BCUT2D eigenvalue weighted by Crippen LogP contribution is -1.81. The van der Waals surface area contributed by atoms with Crippen LogP contribution >= 0.6 is 8.58 Å². The topological polar surface area (TPSA) is 0 Å². The Morgan fingerprint density at radius 3 is 1.50 bits per heavy atom. The minimum absolute atomic E-state index is 1.05. The maximum atomic E-state index is 2.36. The summed E-state index contributed by atoms with van der Waals surface area (Å²) in [6.45, 7) is 8.98. The van der Waals surface area contributed by atoms with Crippen LogP contribution in [0.2, 0.25) is 0 Å². The van der Waals surface area contributed by atoms with Gasteiger partial charge in [0.1, 0.15) is 0 Å². The fourth-order valence-corrected chi connectivity index (χ4v) is 2.79. The molecular formula is C9H21P. The molecule has 2 atom stereocenters. The van der Waals surface area contributed by atoms with Crippen LogP contribution in [-0.4, -0.2) is 11.3 Å². The van der Waals surface area contributed by atoms with Crippen LogP contribution < -0.4 is 0 Å². The molecule has 62 valence electrons. The van der Waals surface area contributed by atoms with Crippen molar-refractivity contribution in [1.82, 2.24) is 0 Å². The summed E-state index contributed by atoms with van der Waals surface area (Å²) in [5.74, 6) is 0. The summed E-state index contributed by atoms with van der Waals surface area (Å²) < 4.78 is 0. The molecule has 0 amide bonds. The van der Waals surface area contributed by atoms with E-state index < -0.39 is 0 Å². The molecule has 0 radical (unpaired) electrons. The molecule has 1 heteroatoms. The average molecular weight is 160 g/mol. The van der Waals surface area contributed by atoms with Crippen molar-refractivity contribution in [1.29, 1.82) is 0 Å². The third-order valence-corrected chi connectivity index (χ3v) is 3.32. The van der Waals surface area contributed by atoms with E-state index in [1.54, 1.807) is 0 Å². The van der Waals surface area contributed by atoms with Gasteiger partial charge in [0.05, 0.1) is 0 Å². The summed E-state index contributed by atoms with van der Waals surface area (Å²) in [5, 5.41) is 0. The molecule has 1 saturated heterocycles. The van der Waals surface area contributed by atoms with Gasteiger partial charge in [-0.2, -0.15) is 0 Å². The van der Waals surface area contributed by atoms with Crippen molar-refractivity contribution in [2.75, 3.05) is 0 Å². The maximum Gasteiger partial charge on any atom is -0.0262 e. The summed E-state index contributed by atoms with van der Waals surface area (Å²) in [6.07, 6.45) is 4.22. The van der Waals surface area contributed by atoms with E-state index in [0.717, 1.165) is 11.3 Å². The van der Waals surface area contributed by atoms with E-state index in [2.05, 4.69) is 27.7 Å². The molecule has 0 nitrogen and oxygen atoms in total. The lowest BCUT2D eigenvalue weighted by molar-refractivity contribution is 0.777. The van der Waals surface area contributed by atoms with Crippen LogP contribution in [0.25, 0.3) is 0 Å². The molecule has 0 N–H and O–H groups in total. The van der Waals surface area contributed by atoms with Crippen molar-refractivity contribution in [3.8, 4) is 0 Å². The normalized spacial score (nSPS) is 33.6. The predicted molar refractivity (Wildman–Crippen MR) is 52.4 cm³/mol. The lowest BCUT2D eigenvalue weighted by Gasteiger charge is -1.97. The SMILES string of the molecule is CC1CCC(C)P1.CCC. The Morgan fingerprint density at radius 2 is 1.40 bits per heavy atom. The van der Waals surface area contributed by atoms with E-state index in [1.165, 1.54) is 27.8 Å². The first-order valence-corrected chi connectivity index (χ1v) is 5.62. The first-order valence-electron chi connectivity index (χ1n) is 4.46. The van der Waals surface area contributed by atoms with Crippen LogP contribution in [-0.2, 0) is 0 Å².